The lowest BCUT2D eigenvalue weighted by Crippen LogP contribution is -2.43. The van der Waals surface area contributed by atoms with Crippen LogP contribution in [0.3, 0.4) is 0 Å². The minimum Gasteiger partial charge on any atom is -0.464 e. The second-order valence-electron chi connectivity index (χ2n) is 6.92. The highest BCUT2D eigenvalue weighted by Gasteiger charge is 2.23. The molecule has 1 aromatic carbocycles. The van der Waals surface area contributed by atoms with Crippen molar-refractivity contribution < 1.29 is 19.1 Å². The number of esters is 1. The Morgan fingerprint density at radius 2 is 1.64 bits per heavy atom. The first kappa shape index (κ1) is 23.7. The maximum Gasteiger partial charge on any atom is 0.408 e. The fourth-order valence-corrected chi connectivity index (χ4v) is 2.87. The van der Waals surface area contributed by atoms with E-state index >= 15 is 0 Å². The van der Waals surface area contributed by atoms with Crippen molar-refractivity contribution in [2.45, 2.75) is 70.8 Å². The second kappa shape index (κ2) is 15.7. The Labute approximate surface area is 169 Å². The molecule has 0 bridgehead atoms. The zero-order valence-electron chi connectivity index (χ0n) is 17.2. The largest absolute Gasteiger partial charge is 0.464 e. The van der Waals surface area contributed by atoms with Gasteiger partial charge < -0.3 is 14.8 Å². The molecule has 0 aliphatic carbocycles. The molecule has 1 atom stereocenters. The number of amides is 1. The van der Waals surface area contributed by atoms with Crippen molar-refractivity contribution in [3.05, 3.63) is 48.6 Å². The molecule has 0 saturated carbocycles. The van der Waals surface area contributed by atoms with Crippen molar-refractivity contribution in [3.8, 4) is 0 Å². The normalized spacial score (nSPS) is 11.5. The molecule has 156 valence electrons. The van der Waals surface area contributed by atoms with Gasteiger partial charge in [0, 0.05) is 6.42 Å². The van der Waals surface area contributed by atoms with Crippen LogP contribution in [-0.2, 0) is 20.7 Å². The summed E-state index contributed by atoms with van der Waals surface area (Å²) in [7, 11) is 0. The number of hydrogen-bond donors (Lipinski definition) is 1. The lowest BCUT2D eigenvalue weighted by atomic mass is 10.1. The van der Waals surface area contributed by atoms with Gasteiger partial charge in [0.2, 0.25) is 0 Å². The van der Waals surface area contributed by atoms with Gasteiger partial charge in [-0.15, -0.1) is 0 Å². The summed E-state index contributed by atoms with van der Waals surface area (Å²) in [6.07, 6.45) is 10.6. The van der Waals surface area contributed by atoms with Crippen molar-refractivity contribution in [3.63, 3.8) is 0 Å². The molecule has 1 N–H and O–H groups in total. The van der Waals surface area contributed by atoms with Crippen LogP contribution in [0.2, 0.25) is 0 Å². The Hall–Kier alpha value is -2.30. The smallest absolute Gasteiger partial charge is 0.408 e. The Bertz CT molecular complexity index is 559. The van der Waals surface area contributed by atoms with E-state index in [1.807, 2.05) is 30.3 Å². The number of rotatable bonds is 15. The van der Waals surface area contributed by atoms with Crippen LogP contribution < -0.4 is 5.32 Å². The summed E-state index contributed by atoms with van der Waals surface area (Å²) < 4.78 is 10.3. The number of alkyl carbamates (subject to hydrolysis) is 1. The topological polar surface area (TPSA) is 64.6 Å². The fourth-order valence-electron chi connectivity index (χ4n) is 2.87. The molecule has 0 heterocycles. The van der Waals surface area contributed by atoms with Crippen LogP contribution in [0, 0.1) is 0 Å². The molecule has 1 aromatic rings. The van der Waals surface area contributed by atoms with Crippen LogP contribution in [0.25, 0.3) is 0 Å². The van der Waals surface area contributed by atoms with Crippen LogP contribution in [0.15, 0.2) is 43.0 Å². The summed E-state index contributed by atoms with van der Waals surface area (Å²) in [5.74, 6) is -0.428. The summed E-state index contributed by atoms with van der Waals surface area (Å²) in [5, 5.41) is 2.60. The van der Waals surface area contributed by atoms with Crippen LogP contribution in [0.1, 0.15) is 63.9 Å². The van der Waals surface area contributed by atoms with Crippen molar-refractivity contribution in [1.29, 1.82) is 0 Å². The highest BCUT2D eigenvalue weighted by atomic mass is 16.6. The van der Waals surface area contributed by atoms with E-state index in [1.54, 1.807) is 0 Å². The molecule has 28 heavy (non-hydrogen) atoms. The number of carbonyl (C=O) groups excluding carboxylic acids is 2. The van der Waals surface area contributed by atoms with Gasteiger partial charge in [-0.2, -0.15) is 0 Å². The van der Waals surface area contributed by atoms with Gasteiger partial charge in [-0.3, -0.25) is 0 Å². The molecule has 0 aliphatic rings. The predicted molar refractivity (Wildman–Crippen MR) is 112 cm³/mol. The third-order valence-electron chi connectivity index (χ3n) is 4.43. The van der Waals surface area contributed by atoms with Gasteiger partial charge in [0.1, 0.15) is 12.6 Å². The van der Waals surface area contributed by atoms with Crippen LogP contribution in [-0.4, -0.2) is 31.3 Å². The first-order valence-corrected chi connectivity index (χ1v) is 10.4. The van der Waals surface area contributed by atoms with Gasteiger partial charge in [-0.05, 0) is 12.0 Å². The Morgan fingerprint density at radius 3 is 2.29 bits per heavy atom. The number of nitrogens with one attached hydrogen (secondary N) is 1. The van der Waals surface area contributed by atoms with E-state index in [4.69, 9.17) is 9.47 Å². The maximum atomic E-state index is 12.5. The van der Waals surface area contributed by atoms with Gasteiger partial charge in [0.15, 0.2) is 0 Å². The summed E-state index contributed by atoms with van der Waals surface area (Å²) in [4.78, 5) is 24.3. The lowest BCUT2D eigenvalue weighted by molar-refractivity contribution is -0.146. The zero-order chi connectivity index (χ0) is 20.5. The quantitative estimate of drug-likeness (QED) is 0.255. The van der Waals surface area contributed by atoms with E-state index in [9.17, 15) is 9.59 Å². The van der Waals surface area contributed by atoms with Crippen LogP contribution >= 0.6 is 0 Å². The average Bonchev–Trinajstić information content (AvgIpc) is 2.71. The molecule has 0 aromatic heterocycles. The molecule has 5 heteroatoms. The molecule has 1 amide bonds. The van der Waals surface area contributed by atoms with Crippen molar-refractivity contribution in [1.82, 2.24) is 5.32 Å². The number of unbranched alkanes of at least 4 members (excludes halogenated alkanes) is 7. The van der Waals surface area contributed by atoms with Gasteiger partial charge in [-0.25, -0.2) is 9.59 Å². The molecule has 1 rings (SSSR count). The van der Waals surface area contributed by atoms with Crippen LogP contribution in [0.4, 0.5) is 4.79 Å². The number of hydrogen-bond acceptors (Lipinski definition) is 4. The van der Waals surface area contributed by atoms with Crippen molar-refractivity contribution >= 4 is 12.1 Å². The molecular formula is C23H35NO4. The minimum absolute atomic E-state index is 0.0944. The standard InChI is InChI=1S/C23H35NO4/c1-3-5-6-7-8-9-10-14-18-27-22(25)21(24-23(26)28-17-4-2)19-20-15-12-11-13-16-20/h4,11-13,15-16,21H,2-3,5-10,14,17-19H2,1H3,(H,24,26). The Kier molecular flexibility index (Phi) is 13.3. The number of carbonyl (C=O) groups is 2. The SMILES string of the molecule is C=CCOC(=O)NC(Cc1ccccc1)C(=O)OCCCCCCCCCC. The summed E-state index contributed by atoms with van der Waals surface area (Å²) in [6.45, 7) is 6.19. The molecular weight excluding hydrogens is 354 g/mol. The van der Waals surface area contributed by atoms with Gasteiger partial charge in [-0.1, -0.05) is 94.9 Å². The second-order valence-corrected chi connectivity index (χ2v) is 6.92. The Morgan fingerprint density at radius 1 is 1.00 bits per heavy atom. The molecule has 0 saturated heterocycles. The van der Waals surface area contributed by atoms with E-state index in [0.717, 1.165) is 18.4 Å². The monoisotopic (exact) mass is 389 g/mol. The average molecular weight is 390 g/mol. The summed E-state index contributed by atoms with van der Waals surface area (Å²) in [5.41, 5.74) is 0.945. The first-order valence-electron chi connectivity index (χ1n) is 10.4. The molecule has 5 nitrogen and oxygen atoms in total. The fraction of sp³-hybridized carbons (Fsp3) is 0.565. The molecule has 0 spiro atoms. The van der Waals surface area contributed by atoms with Crippen molar-refractivity contribution in [2.75, 3.05) is 13.2 Å². The maximum absolute atomic E-state index is 12.5. The van der Waals surface area contributed by atoms with Crippen LogP contribution in [0.5, 0.6) is 0 Å². The number of ether oxygens (including phenoxy) is 2. The molecule has 0 fully saturated rings. The van der Waals surface area contributed by atoms with Gasteiger partial charge in [0.05, 0.1) is 6.61 Å². The van der Waals surface area contributed by atoms with E-state index < -0.39 is 18.1 Å². The lowest BCUT2D eigenvalue weighted by Gasteiger charge is -2.17. The number of benzene rings is 1. The van der Waals surface area contributed by atoms with E-state index in [2.05, 4.69) is 18.8 Å². The first-order chi connectivity index (χ1) is 13.7. The predicted octanol–water partition coefficient (Wildman–Crippen LogP) is 5.19. The molecule has 0 radical (unpaired) electrons. The molecule has 1 unspecified atom stereocenters. The van der Waals surface area contributed by atoms with E-state index in [0.29, 0.717) is 13.0 Å². The van der Waals surface area contributed by atoms with Crippen molar-refractivity contribution in [2.24, 2.45) is 0 Å². The van der Waals surface area contributed by atoms with Gasteiger partial charge >= 0.3 is 12.1 Å². The minimum atomic E-state index is -0.770. The van der Waals surface area contributed by atoms with Gasteiger partial charge in [0.25, 0.3) is 0 Å². The zero-order valence-corrected chi connectivity index (χ0v) is 17.2. The Balaban J connectivity index is 2.37. The molecule has 0 aliphatic heterocycles. The summed E-state index contributed by atoms with van der Waals surface area (Å²) in [6, 6.07) is 8.76. The third-order valence-corrected chi connectivity index (χ3v) is 4.43. The highest BCUT2D eigenvalue weighted by Crippen LogP contribution is 2.09. The highest BCUT2D eigenvalue weighted by molar-refractivity contribution is 5.81. The van der Waals surface area contributed by atoms with E-state index in [1.165, 1.54) is 44.6 Å². The van der Waals surface area contributed by atoms with E-state index in [-0.39, 0.29) is 6.61 Å². The third kappa shape index (κ3) is 11.4. The summed E-state index contributed by atoms with van der Waals surface area (Å²) >= 11 is 0.